The molecule has 12 heavy (non-hydrogen) atoms. The van der Waals surface area contributed by atoms with Gasteiger partial charge in [0.25, 0.3) is 0 Å². The Morgan fingerprint density at radius 1 is 1.50 bits per heavy atom. The summed E-state index contributed by atoms with van der Waals surface area (Å²) < 4.78 is 5.03. The highest BCUT2D eigenvalue weighted by Gasteiger charge is 1.98. The van der Waals surface area contributed by atoms with Gasteiger partial charge in [-0.25, -0.2) is 0 Å². The number of ether oxygens (including phenoxy) is 1. The fourth-order valence-electron chi connectivity index (χ4n) is 0.938. The zero-order valence-corrected chi connectivity index (χ0v) is 7.77. The largest absolute Gasteiger partial charge is 0.362 e. The van der Waals surface area contributed by atoms with Gasteiger partial charge in [-0.15, -0.1) is 0 Å². The van der Waals surface area contributed by atoms with Crippen LogP contribution in [0.1, 0.15) is 11.1 Å². The smallest absolute Gasteiger partial charge is 0.0944 e. The standard InChI is InChI=1S/C9H12ClNO/c1-7-2-3-8(5-12-6-11)9(10)4-7/h2-4H,5-6,11H2,1H3. The van der Waals surface area contributed by atoms with Crippen LogP contribution in [0.15, 0.2) is 18.2 Å². The molecule has 0 saturated carbocycles. The lowest BCUT2D eigenvalue weighted by Gasteiger charge is -2.04. The van der Waals surface area contributed by atoms with Gasteiger partial charge in [0.05, 0.1) is 13.3 Å². The fraction of sp³-hybridized carbons (Fsp3) is 0.333. The molecule has 0 aromatic heterocycles. The van der Waals surface area contributed by atoms with Crippen molar-refractivity contribution in [1.82, 2.24) is 0 Å². The zero-order chi connectivity index (χ0) is 8.97. The average Bonchev–Trinajstić information content (AvgIpc) is 2.03. The molecule has 1 aromatic rings. The number of aryl methyl sites for hydroxylation is 1. The van der Waals surface area contributed by atoms with Gasteiger partial charge in [0.15, 0.2) is 0 Å². The highest BCUT2D eigenvalue weighted by Crippen LogP contribution is 2.17. The van der Waals surface area contributed by atoms with E-state index in [0.29, 0.717) is 6.61 Å². The second-order valence-corrected chi connectivity index (χ2v) is 3.02. The molecule has 0 fully saturated rings. The number of hydrogen-bond acceptors (Lipinski definition) is 2. The highest BCUT2D eigenvalue weighted by molar-refractivity contribution is 6.31. The van der Waals surface area contributed by atoms with Gasteiger partial charge in [-0.3, -0.25) is 0 Å². The molecule has 3 heteroatoms. The second kappa shape index (κ2) is 4.45. The van der Waals surface area contributed by atoms with Gasteiger partial charge in [-0.05, 0) is 24.1 Å². The first-order valence-electron chi connectivity index (χ1n) is 3.77. The van der Waals surface area contributed by atoms with Crippen LogP contribution in [0.25, 0.3) is 0 Å². The summed E-state index contributed by atoms with van der Waals surface area (Å²) in [5.41, 5.74) is 7.32. The number of benzene rings is 1. The van der Waals surface area contributed by atoms with Crippen LogP contribution in [0.4, 0.5) is 0 Å². The Balaban J connectivity index is 2.72. The minimum absolute atomic E-state index is 0.226. The maximum absolute atomic E-state index is 5.94. The van der Waals surface area contributed by atoms with E-state index < -0.39 is 0 Å². The molecule has 0 amide bonds. The molecule has 1 rings (SSSR count). The van der Waals surface area contributed by atoms with Crippen molar-refractivity contribution in [3.63, 3.8) is 0 Å². The lowest BCUT2D eigenvalue weighted by atomic mass is 10.2. The Labute approximate surface area is 77.3 Å². The van der Waals surface area contributed by atoms with Crippen molar-refractivity contribution >= 4 is 11.6 Å². The first kappa shape index (κ1) is 9.52. The number of hydrogen-bond donors (Lipinski definition) is 1. The summed E-state index contributed by atoms with van der Waals surface area (Å²) in [6.45, 7) is 2.71. The van der Waals surface area contributed by atoms with Crippen molar-refractivity contribution in [3.05, 3.63) is 34.3 Å². The van der Waals surface area contributed by atoms with Crippen LogP contribution in [-0.2, 0) is 11.3 Å². The van der Waals surface area contributed by atoms with Gasteiger partial charge in [0.2, 0.25) is 0 Å². The molecule has 0 spiro atoms. The summed E-state index contributed by atoms with van der Waals surface area (Å²) in [4.78, 5) is 0. The zero-order valence-electron chi connectivity index (χ0n) is 7.01. The Hall–Kier alpha value is -0.570. The van der Waals surface area contributed by atoms with Gasteiger partial charge in [0, 0.05) is 5.02 Å². The molecule has 0 aliphatic carbocycles. The van der Waals surface area contributed by atoms with Gasteiger partial charge >= 0.3 is 0 Å². The summed E-state index contributed by atoms with van der Waals surface area (Å²) in [5, 5.41) is 0.739. The van der Waals surface area contributed by atoms with E-state index >= 15 is 0 Å². The van der Waals surface area contributed by atoms with E-state index in [-0.39, 0.29) is 6.73 Å². The summed E-state index contributed by atoms with van der Waals surface area (Å²) in [6.07, 6.45) is 0. The Morgan fingerprint density at radius 3 is 2.83 bits per heavy atom. The van der Waals surface area contributed by atoms with Crippen LogP contribution >= 0.6 is 11.6 Å². The molecule has 1 aromatic carbocycles. The predicted molar refractivity (Wildman–Crippen MR) is 50.0 cm³/mol. The normalized spacial score (nSPS) is 10.2. The summed E-state index contributed by atoms with van der Waals surface area (Å²) in [7, 11) is 0. The van der Waals surface area contributed by atoms with Crippen molar-refractivity contribution in [1.29, 1.82) is 0 Å². The molecular formula is C9H12ClNO. The first-order chi connectivity index (χ1) is 5.74. The van der Waals surface area contributed by atoms with Crippen LogP contribution in [0.3, 0.4) is 0 Å². The highest BCUT2D eigenvalue weighted by atomic mass is 35.5. The van der Waals surface area contributed by atoms with Crippen LogP contribution in [0, 0.1) is 6.92 Å². The van der Waals surface area contributed by atoms with Crippen LogP contribution < -0.4 is 5.73 Å². The van der Waals surface area contributed by atoms with Crippen LogP contribution in [0.5, 0.6) is 0 Å². The lowest BCUT2D eigenvalue weighted by molar-refractivity contribution is 0.127. The number of rotatable bonds is 3. The summed E-state index contributed by atoms with van der Waals surface area (Å²) in [6, 6.07) is 5.87. The second-order valence-electron chi connectivity index (χ2n) is 2.61. The third-order valence-corrected chi connectivity index (χ3v) is 1.94. The monoisotopic (exact) mass is 185 g/mol. The number of halogens is 1. The van der Waals surface area contributed by atoms with Crippen LogP contribution in [-0.4, -0.2) is 6.73 Å². The van der Waals surface area contributed by atoms with Gasteiger partial charge in [0.1, 0.15) is 0 Å². The van der Waals surface area contributed by atoms with E-state index in [0.717, 1.165) is 16.1 Å². The molecule has 0 radical (unpaired) electrons. The molecule has 2 nitrogen and oxygen atoms in total. The molecular weight excluding hydrogens is 174 g/mol. The summed E-state index contributed by atoms with van der Waals surface area (Å²) >= 11 is 5.94. The van der Waals surface area contributed by atoms with Gasteiger partial charge < -0.3 is 10.5 Å². The van der Waals surface area contributed by atoms with Gasteiger partial charge in [-0.1, -0.05) is 23.7 Å². The minimum Gasteiger partial charge on any atom is -0.362 e. The Kier molecular flexibility index (Phi) is 3.53. The Bertz CT molecular complexity index is 263. The van der Waals surface area contributed by atoms with Crippen molar-refractivity contribution in [2.24, 2.45) is 5.73 Å². The van der Waals surface area contributed by atoms with E-state index in [4.69, 9.17) is 22.1 Å². The van der Waals surface area contributed by atoms with Crippen molar-refractivity contribution in [2.45, 2.75) is 13.5 Å². The first-order valence-corrected chi connectivity index (χ1v) is 4.14. The van der Waals surface area contributed by atoms with E-state index in [9.17, 15) is 0 Å². The SMILES string of the molecule is Cc1ccc(COCN)c(Cl)c1. The molecule has 0 aliphatic rings. The lowest BCUT2D eigenvalue weighted by Crippen LogP contribution is -2.04. The molecule has 0 saturated heterocycles. The molecule has 0 atom stereocenters. The predicted octanol–water partition coefficient (Wildman–Crippen LogP) is 2.08. The average molecular weight is 186 g/mol. The van der Waals surface area contributed by atoms with Crippen LogP contribution in [0.2, 0.25) is 5.02 Å². The maximum Gasteiger partial charge on any atom is 0.0944 e. The molecule has 0 aliphatic heterocycles. The van der Waals surface area contributed by atoms with Gasteiger partial charge in [-0.2, -0.15) is 0 Å². The molecule has 0 unspecified atom stereocenters. The van der Waals surface area contributed by atoms with Crippen molar-refractivity contribution in [2.75, 3.05) is 6.73 Å². The topological polar surface area (TPSA) is 35.2 Å². The third-order valence-electron chi connectivity index (χ3n) is 1.58. The van der Waals surface area contributed by atoms with E-state index in [1.807, 2.05) is 25.1 Å². The fourth-order valence-corrected chi connectivity index (χ4v) is 1.23. The molecule has 0 heterocycles. The molecule has 66 valence electrons. The summed E-state index contributed by atoms with van der Waals surface area (Å²) in [5.74, 6) is 0. The number of nitrogens with two attached hydrogens (primary N) is 1. The van der Waals surface area contributed by atoms with Crippen molar-refractivity contribution in [3.8, 4) is 0 Å². The van der Waals surface area contributed by atoms with E-state index in [1.165, 1.54) is 0 Å². The van der Waals surface area contributed by atoms with Crippen molar-refractivity contribution < 1.29 is 4.74 Å². The quantitative estimate of drug-likeness (QED) is 0.732. The third kappa shape index (κ3) is 2.48. The Morgan fingerprint density at radius 2 is 2.25 bits per heavy atom. The van der Waals surface area contributed by atoms with E-state index in [1.54, 1.807) is 0 Å². The molecule has 0 bridgehead atoms. The maximum atomic E-state index is 5.94. The minimum atomic E-state index is 0.226. The van der Waals surface area contributed by atoms with E-state index in [2.05, 4.69) is 0 Å². The molecule has 2 N–H and O–H groups in total.